The van der Waals surface area contributed by atoms with Crippen LogP contribution in [-0.4, -0.2) is 16.8 Å². The molecule has 0 saturated heterocycles. The maximum atomic E-state index is 12.4. The number of nitrogens with zero attached hydrogens (tertiary/aromatic N) is 1. The molecule has 0 aliphatic carbocycles. The number of amides is 1. The molecule has 1 aromatic carbocycles. The van der Waals surface area contributed by atoms with Gasteiger partial charge in [0, 0.05) is 18.3 Å². The van der Waals surface area contributed by atoms with Gasteiger partial charge in [0.2, 0.25) is 5.91 Å². The zero-order valence-electron chi connectivity index (χ0n) is 11.9. The van der Waals surface area contributed by atoms with Crippen molar-refractivity contribution < 1.29 is 4.79 Å². The second kappa shape index (κ2) is 6.57. The Bertz CT molecular complexity index is 564. The summed E-state index contributed by atoms with van der Waals surface area (Å²) in [5.41, 5.74) is 8.68. The molecule has 1 amide bonds. The predicted octanol–water partition coefficient (Wildman–Crippen LogP) is 3.31. The highest BCUT2D eigenvalue weighted by molar-refractivity contribution is 7.07. The molecule has 0 fully saturated rings. The summed E-state index contributed by atoms with van der Waals surface area (Å²) in [4.78, 5) is 14.3. The summed E-state index contributed by atoms with van der Waals surface area (Å²) < 4.78 is 0. The first-order valence-electron chi connectivity index (χ1n) is 6.71. The smallest absolute Gasteiger partial charge is 0.227 e. The van der Waals surface area contributed by atoms with Crippen LogP contribution in [0.2, 0.25) is 0 Å². The molecular weight excluding hydrogens is 268 g/mol. The van der Waals surface area contributed by atoms with Gasteiger partial charge in [-0.1, -0.05) is 12.1 Å². The van der Waals surface area contributed by atoms with Crippen LogP contribution >= 0.6 is 11.3 Å². The molecule has 3 nitrogen and oxygen atoms in total. The third-order valence-corrected chi connectivity index (χ3v) is 3.92. The summed E-state index contributed by atoms with van der Waals surface area (Å²) in [6, 6.07) is 9.88. The maximum absolute atomic E-state index is 12.4. The van der Waals surface area contributed by atoms with E-state index in [2.05, 4.69) is 0 Å². The second-order valence-corrected chi connectivity index (χ2v) is 5.95. The zero-order chi connectivity index (χ0) is 14.5. The van der Waals surface area contributed by atoms with Crippen molar-refractivity contribution in [3.8, 4) is 0 Å². The number of carbonyl (C=O) groups excluding carboxylic acids is 1. The molecule has 4 heteroatoms. The molecule has 1 aromatic heterocycles. The Labute approximate surface area is 124 Å². The number of hydrogen-bond acceptors (Lipinski definition) is 3. The highest BCUT2D eigenvalue weighted by Gasteiger charge is 2.17. The SMILES string of the molecule is CC(C)N(Cc1cccc(N)c1)C(=O)Cc1ccsc1. The molecule has 0 bridgehead atoms. The minimum atomic E-state index is 0.154. The van der Waals surface area contributed by atoms with Crippen LogP contribution in [0.15, 0.2) is 41.1 Å². The van der Waals surface area contributed by atoms with Crippen molar-refractivity contribution in [2.45, 2.75) is 32.9 Å². The van der Waals surface area contributed by atoms with Crippen LogP contribution in [0.25, 0.3) is 0 Å². The van der Waals surface area contributed by atoms with Crippen LogP contribution in [0.4, 0.5) is 5.69 Å². The minimum Gasteiger partial charge on any atom is -0.399 e. The summed E-state index contributed by atoms with van der Waals surface area (Å²) in [6.45, 7) is 4.68. The van der Waals surface area contributed by atoms with Crippen LogP contribution in [0.1, 0.15) is 25.0 Å². The molecule has 106 valence electrons. The lowest BCUT2D eigenvalue weighted by Gasteiger charge is -2.27. The van der Waals surface area contributed by atoms with Gasteiger partial charge in [0.25, 0.3) is 0 Å². The van der Waals surface area contributed by atoms with Crippen molar-refractivity contribution in [1.29, 1.82) is 0 Å². The molecule has 0 radical (unpaired) electrons. The monoisotopic (exact) mass is 288 g/mol. The van der Waals surface area contributed by atoms with E-state index in [-0.39, 0.29) is 11.9 Å². The first kappa shape index (κ1) is 14.6. The Morgan fingerprint density at radius 2 is 2.10 bits per heavy atom. The summed E-state index contributed by atoms with van der Waals surface area (Å²) in [7, 11) is 0. The second-order valence-electron chi connectivity index (χ2n) is 5.17. The van der Waals surface area contributed by atoms with Crippen LogP contribution in [-0.2, 0) is 17.8 Å². The Hall–Kier alpha value is -1.81. The molecule has 0 aliphatic heterocycles. The third kappa shape index (κ3) is 3.84. The molecule has 0 aliphatic rings. The third-order valence-electron chi connectivity index (χ3n) is 3.18. The minimum absolute atomic E-state index is 0.154. The first-order valence-corrected chi connectivity index (χ1v) is 7.65. The Kier molecular flexibility index (Phi) is 4.79. The quantitative estimate of drug-likeness (QED) is 0.858. The number of hydrogen-bond donors (Lipinski definition) is 1. The lowest BCUT2D eigenvalue weighted by Crippen LogP contribution is -2.37. The van der Waals surface area contributed by atoms with Gasteiger partial charge in [-0.2, -0.15) is 11.3 Å². The number of nitrogens with two attached hydrogens (primary N) is 1. The van der Waals surface area contributed by atoms with Gasteiger partial charge in [0.15, 0.2) is 0 Å². The van der Waals surface area contributed by atoms with Crippen molar-refractivity contribution in [2.75, 3.05) is 5.73 Å². The van der Waals surface area contributed by atoms with Gasteiger partial charge in [-0.3, -0.25) is 4.79 Å². The maximum Gasteiger partial charge on any atom is 0.227 e. The normalized spacial score (nSPS) is 10.8. The van der Waals surface area contributed by atoms with Gasteiger partial charge in [-0.15, -0.1) is 0 Å². The van der Waals surface area contributed by atoms with Crippen molar-refractivity contribution in [1.82, 2.24) is 4.90 Å². The fourth-order valence-corrected chi connectivity index (χ4v) is 2.78. The van der Waals surface area contributed by atoms with Crippen molar-refractivity contribution >= 4 is 22.9 Å². The van der Waals surface area contributed by atoms with Crippen molar-refractivity contribution in [3.05, 3.63) is 52.2 Å². The summed E-state index contributed by atoms with van der Waals surface area (Å²) >= 11 is 1.62. The molecule has 0 spiro atoms. The molecule has 0 atom stereocenters. The van der Waals surface area contributed by atoms with Gasteiger partial charge in [-0.05, 0) is 53.9 Å². The highest BCUT2D eigenvalue weighted by atomic mass is 32.1. The van der Waals surface area contributed by atoms with Gasteiger partial charge in [0.1, 0.15) is 0 Å². The van der Waals surface area contributed by atoms with E-state index in [0.717, 1.165) is 16.8 Å². The largest absolute Gasteiger partial charge is 0.399 e. The van der Waals surface area contributed by atoms with Gasteiger partial charge >= 0.3 is 0 Å². The van der Waals surface area contributed by atoms with E-state index < -0.39 is 0 Å². The first-order chi connectivity index (χ1) is 9.56. The molecule has 1 heterocycles. The number of anilines is 1. The Morgan fingerprint density at radius 3 is 2.70 bits per heavy atom. The highest BCUT2D eigenvalue weighted by Crippen LogP contribution is 2.15. The number of carbonyl (C=O) groups is 1. The van der Waals surface area contributed by atoms with E-state index in [1.54, 1.807) is 11.3 Å². The van der Waals surface area contributed by atoms with E-state index >= 15 is 0 Å². The van der Waals surface area contributed by atoms with Gasteiger partial charge < -0.3 is 10.6 Å². The van der Waals surface area contributed by atoms with E-state index in [1.165, 1.54) is 0 Å². The van der Waals surface area contributed by atoms with E-state index in [1.807, 2.05) is 59.8 Å². The molecule has 2 aromatic rings. The summed E-state index contributed by atoms with van der Waals surface area (Å²) in [6.07, 6.45) is 0.462. The number of rotatable bonds is 5. The fraction of sp³-hybridized carbons (Fsp3) is 0.312. The number of thiophene rings is 1. The molecule has 20 heavy (non-hydrogen) atoms. The van der Waals surface area contributed by atoms with Crippen molar-refractivity contribution in [2.24, 2.45) is 0 Å². The number of benzene rings is 1. The van der Waals surface area contributed by atoms with Crippen LogP contribution in [0.3, 0.4) is 0 Å². The van der Waals surface area contributed by atoms with Crippen molar-refractivity contribution in [3.63, 3.8) is 0 Å². The van der Waals surface area contributed by atoms with Crippen LogP contribution in [0, 0.1) is 0 Å². The van der Waals surface area contributed by atoms with Gasteiger partial charge in [-0.25, -0.2) is 0 Å². The molecular formula is C16H20N2OS. The average molecular weight is 288 g/mol. The lowest BCUT2D eigenvalue weighted by molar-refractivity contribution is -0.132. The predicted molar refractivity (Wildman–Crippen MR) is 84.6 cm³/mol. The average Bonchev–Trinajstić information content (AvgIpc) is 2.88. The zero-order valence-corrected chi connectivity index (χ0v) is 12.7. The molecule has 2 N–H and O–H groups in total. The van der Waals surface area contributed by atoms with Crippen LogP contribution < -0.4 is 5.73 Å². The standard InChI is InChI=1S/C16H20N2OS/c1-12(2)18(10-13-4-3-5-15(17)8-13)16(19)9-14-6-7-20-11-14/h3-8,11-12H,9-10,17H2,1-2H3. The van der Waals surface area contributed by atoms with E-state index in [4.69, 9.17) is 5.73 Å². The molecule has 0 unspecified atom stereocenters. The lowest BCUT2D eigenvalue weighted by atomic mass is 10.1. The summed E-state index contributed by atoms with van der Waals surface area (Å²) in [5.74, 6) is 0.154. The summed E-state index contributed by atoms with van der Waals surface area (Å²) in [5, 5.41) is 4.02. The van der Waals surface area contributed by atoms with Gasteiger partial charge in [0.05, 0.1) is 6.42 Å². The Balaban J connectivity index is 2.08. The molecule has 0 saturated carbocycles. The van der Waals surface area contributed by atoms with Crippen LogP contribution in [0.5, 0.6) is 0 Å². The fourth-order valence-electron chi connectivity index (χ4n) is 2.12. The van der Waals surface area contributed by atoms with E-state index in [9.17, 15) is 4.79 Å². The molecule has 2 rings (SSSR count). The Morgan fingerprint density at radius 1 is 1.30 bits per heavy atom. The topological polar surface area (TPSA) is 46.3 Å². The van der Waals surface area contributed by atoms with E-state index in [0.29, 0.717) is 13.0 Å². The number of nitrogen functional groups attached to an aromatic ring is 1.